The third kappa shape index (κ3) is 5.99. The minimum Gasteiger partial charge on any atom is -0.478 e. The van der Waals surface area contributed by atoms with E-state index in [1.165, 1.54) is 0 Å². The summed E-state index contributed by atoms with van der Waals surface area (Å²) in [6, 6.07) is 6.82. The van der Waals surface area contributed by atoms with Crippen molar-refractivity contribution in [3.05, 3.63) is 47.5 Å². The van der Waals surface area contributed by atoms with Gasteiger partial charge in [-0.25, -0.2) is 4.79 Å². The van der Waals surface area contributed by atoms with Crippen LogP contribution >= 0.6 is 0 Å². The normalized spacial score (nSPS) is 18.6. The lowest BCUT2D eigenvalue weighted by Gasteiger charge is -2.22. The number of aromatic carboxylic acids is 1. The second-order valence-electron chi connectivity index (χ2n) is 6.89. The number of carbonyl (C=O) groups excluding carboxylic acids is 1. The van der Waals surface area contributed by atoms with Crippen LogP contribution in [0.4, 0.5) is 0 Å². The number of nitrogens with zero attached hydrogens (tertiary/aromatic N) is 1. The standard InChI is InChI=1S/C21H29NO4/c1-2-3-4-5-19(23)12-10-18-11-13-20(24)22(18)15-14-16-6-8-17(9-7-16)21(25)26/h6-10,12,18-19,23H,2-5,11,13-15H2,1H3,(H,25,26)/t18-,19-/m0/s1. The molecule has 1 aromatic rings. The van der Waals surface area contributed by atoms with Gasteiger partial charge in [0.2, 0.25) is 5.91 Å². The van der Waals surface area contributed by atoms with Crippen molar-refractivity contribution in [2.45, 2.75) is 64.0 Å². The molecule has 1 amide bonds. The van der Waals surface area contributed by atoms with E-state index in [1.54, 1.807) is 24.3 Å². The zero-order chi connectivity index (χ0) is 18.9. The maximum Gasteiger partial charge on any atom is 0.335 e. The van der Waals surface area contributed by atoms with Crippen LogP contribution in [0, 0.1) is 0 Å². The van der Waals surface area contributed by atoms with Gasteiger partial charge >= 0.3 is 5.97 Å². The average molecular weight is 359 g/mol. The van der Waals surface area contributed by atoms with E-state index in [0.717, 1.165) is 37.7 Å². The van der Waals surface area contributed by atoms with Crippen molar-refractivity contribution < 1.29 is 19.8 Å². The van der Waals surface area contributed by atoms with Gasteiger partial charge in [-0.2, -0.15) is 0 Å². The van der Waals surface area contributed by atoms with Gasteiger partial charge in [-0.3, -0.25) is 4.79 Å². The molecule has 0 bridgehead atoms. The van der Waals surface area contributed by atoms with Crippen LogP contribution in [0.15, 0.2) is 36.4 Å². The van der Waals surface area contributed by atoms with Gasteiger partial charge in [0.05, 0.1) is 17.7 Å². The smallest absolute Gasteiger partial charge is 0.335 e. The number of benzene rings is 1. The molecule has 1 saturated heterocycles. The van der Waals surface area contributed by atoms with E-state index >= 15 is 0 Å². The zero-order valence-corrected chi connectivity index (χ0v) is 15.4. The van der Waals surface area contributed by atoms with Gasteiger partial charge in [0.25, 0.3) is 0 Å². The maximum atomic E-state index is 12.2. The average Bonchev–Trinajstić information content (AvgIpc) is 2.98. The first-order valence-electron chi connectivity index (χ1n) is 9.49. The Bertz CT molecular complexity index is 623. The van der Waals surface area contributed by atoms with Crippen LogP contribution < -0.4 is 0 Å². The Kier molecular flexibility index (Phi) is 7.85. The van der Waals surface area contributed by atoms with Crippen LogP contribution in [-0.2, 0) is 11.2 Å². The predicted molar refractivity (Wildman–Crippen MR) is 101 cm³/mol. The number of carboxylic acid groups (broad SMARTS) is 1. The molecule has 0 unspecified atom stereocenters. The summed E-state index contributed by atoms with van der Waals surface area (Å²) < 4.78 is 0. The molecule has 0 aromatic heterocycles. The Morgan fingerprint density at radius 3 is 2.69 bits per heavy atom. The number of rotatable bonds is 10. The van der Waals surface area contributed by atoms with Crippen LogP contribution in [0.1, 0.15) is 61.4 Å². The molecule has 0 aliphatic carbocycles. The van der Waals surface area contributed by atoms with Gasteiger partial charge in [0, 0.05) is 13.0 Å². The number of aliphatic hydroxyl groups excluding tert-OH is 1. The summed E-state index contributed by atoms with van der Waals surface area (Å²) in [5, 5.41) is 19.0. The second-order valence-corrected chi connectivity index (χ2v) is 6.89. The first-order chi connectivity index (χ1) is 12.5. The Labute approximate surface area is 155 Å². The molecule has 26 heavy (non-hydrogen) atoms. The van der Waals surface area contributed by atoms with Crippen molar-refractivity contribution in [1.29, 1.82) is 0 Å². The third-order valence-electron chi connectivity index (χ3n) is 4.88. The van der Waals surface area contributed by atoms with Crippen molar-refractivity contribution in [2.24, 2.45) is 0 Å². The summed E-state index contributed by atoms with van der Waals surface area (Å²) in [6.07, 6.45) is 9.41. The second kappa shape index (κ2) is 10.1. The Hall–Kier alpha value is -2.14. The molecule has 1 fully saturated rings. The highest BCUT2D eigenvalue weighted by Crippen LogP contribution is 2.21. The molecule has 1 aromatic carbocycles. The molecule has 2 N–H and O–H groups in total. The summed E-state index contributed by atoms with van der Waals surface area (Å²) in [4.78, 5) is 24.9. The highest BCUT2D eigenvalue weighted by atomic mass is 16.4. The molecule has 5 nitrogen and oxygen atoms in total. The Morgan fingerprint density at radius 1 is 1.31 bits per heavy atom. The fourth-order valence-corrected chi connectivity index (χ4v) is 3.27. The number of likely N-dealkylation sites (tertiary alicyclic amines) is 1. The molecule has 0 saturated carbocycles. The topological polar surface area (TPSA) is 77.8 Å². The lowest BCUT2D eigenvalue weighted by Crippen LogP contribution is -2.33. The fourth-order valence-electron chi connectivity index (χ4n) is 3.27. The molecule has 2 rings (SSSR count). The van der Waals surface area contributed by atoms with E-state index in [2.05, 4.69) is 6.92 Å². The number of unbranched alkanes of at least 4 members (excludes halogenated alkanes) is 2. The van der Waals surface area contributed by atoms with Gasteiger partial charge in [-0.05, 0) is 37.0 Å². The number of hydrogen-bond acceptors (Lipinski definition) is 3. The van der Waals surface area contributed by atoms with Gasteiger partial charge in [-0.15, -0.1) is 0 Å². The van der Waals surface area contributed by atoms with Gasteiger partial charge in [-0.1, -0.05) is 50.5 Å². The van der Waals surface area contributed by atoms with Crippen LogP contribution in [0.3, 0.4) is 0 Å². The largest absolute Gasteiger partial charge is 0.478 e. The molecule has 2 atom stereocenters. The summed E-state index contributed by atoms with van der Waals surface area (Å²) in [5.74, 6) is -0.795. The first-order valence-corrected chi connectivity index (χ1v) is 9.49. The predicted octanol–water partition coefficient (Wildman–Crippen LogP) is 3.42. The van der Waals surface area contributed by atoms with E-state index in [4.69, 9.17) is 5.11 Å². The lowest BCUT2D eigenvalue weighted by atomic mass is 10.1. The van der Waals surface area contributed by atoms with Crippen molar-refractivity contribution in [1.82, 2.24) is 4.90 Å². The zero-order valence-electron chi connectivity index (χ0n) is 15.4. The van der Waals surface area contributed by atoms with E-state index < -0.39 is 12.1 Å². The Morgan fingerprint density at radius 2 is 2.04 bits per heavy atom. The first kappa shape index (κ1) is 20.2. The highest BCUT2D eigenvalue weighted by Gasteiger charge is 2.28. The minimum atomic E-state index is -0.936. The lowest BCUT2D eigenvalue weighted by molar-refractivity contribution is -0.128. The van der Waals surface area contributed by atoms with E-state index in [1.807, 2.05) is 17.1 Å². The van der Waals surface area contributed by atoms with E-state index in [9.17, 15) is 14.7 Å². The molecule has 1 aliphatic heterocycles. The maximum absolute atomic E-state index is 12.2. The fraction of sp³-hybridized carbons (Fsp3) is 0.524. The number of aliphatic hydroxyl groups is 1. The SMILES string of the molecule is CCCCC[C@H](O)C=C[C@H]1CCC(=O)N1CCc1ccc(C(=O)O)cc1. The highest BCUT2D eigenvalue weighted by molar-refractivity contribution is 5.87. The molecule has 1 aliphatic rings. The molecular formula is C21H29NO4. The van der Waals surface area contributed by atoms with Crippen molar-refractivity contribution >= 4 is 11.9 Å². The van der Waals surface area contributed by atoms with Crippen molar-refractivity contribution in [3.63, 3.8) is 0 Å². The van der Waals surface area contributed by atoms with E-state index in [0.29, 0.717) is 19.4 Å². The van der Waals surface area contributed by atoms with Gasteiger partial charge in [0.1, 0.15) is 0 Å². The number of carboxylic acids is 1. The molecule has 0 radical (unpaired) electrons. The molecule has 5 heteroatoms. The molecule has 142 valence electrons. The van der Waals surface area contributed by atoms with Crippen molar-refractivity contribution in [2.75, 3.05) is 6.54 Å². The van der Waals surface area contributed by atoms with Gasteiger partial charge < -0.3 is 15.1 Å². The molecular weight excluding hydrogens is 330 g/mol. The minimum absolute atomic E-state index is 0.0432. The van der Waals surface area contributed by atoms with Crippen molar-refractivity contribution in [3.8, 4) is 0 Å². The third-order valence-corrected chi connectivity index (χ3v) is 4.88. The number of carbonyl (C=O) groups is 2. The summed E-state index contributed by atoms with van der Waals surface area (Å²) in [5.41, 5.74) is 1.28. The monoisotopic (exact) mass is 359 g/mol. The number of hydrogen-bond donors (Lipinski definition) is 2. The summed E-state index contributed by atoms with van der Waals surface area (Å²) in [7, 11) is 0. The van der Waals surface area contributed by atoms with E-state index in [-0.39, 0.29) is 17.5 Å². The molecule has 1 heterocycles. The van der Waals surface area contributed by atoms with Gasteiger partial charge in [0.15, 0.2) is 0 Å². The summed E-state index contributed by atoms with van der Waals surface area (Å²) in [6.45, 7) is 2.74. The van der Waals surface area contributed by atoms with Crippen LogP contribution in [0.2, 0.25) is 0 Å². The van der Waals surface area contributed by atoms with Crippen LogP contribution in [-0.4, -0.2) is 45.7 Å². The van der Waals surface area contributed by atoms with Crippen LogP contribution in [0.5, 0.6) is 0 Å². The quantitative estimate of drug-likeness (QED) is 0.496. The number of amides is 1. The summed E-state index contributed by atoms with van der Waals surface area (Å²) >= 11 is 0. The van der Waals surface area contributed by atoms with Crippen LogP contribution in [0.25, 0.3) is 0 Å². The Balaban J connectivity index is 1.87. The molecule has 0 spiro atoms.